The minimum Gasteiger partial charge on any atom is -0.364 e. The van der Waals surface area contributed by atoms with Crippen LogP contribution >= 0.6 is 0 Å². The van der Waals surface area contributed by atoms with Gasteiger partial charge in [-0.25, -0.2) is 0 Å². The van der Waals surface area contributed by atoms with Gasteiger partial charge in [0.2, 0.25) is 0 Å². The van der Waals surface area contributed by atoms with Crippen molar-refractivity contribution < 1.29 is 31.1 Å². The number of carbonyl (C=O) groups excluding carboxylic acids is 1. The number of hydrogen-bond donors (Lipinski definition) is 1. The summed E-state index contributed by atoms with van der Waals surface area (Å²) in [5.41, 5.74) is 1.01. The molecule has 0 aliphatic rings. The number of nitrogens with two attached hydrogens (primary N) is 1. The van der Waals surface area contributed by atoms with E-state index >= 15 is 0 Å². The third-order valence-corrected chi connectivity index (χ3v) is 2.94. The van der Waals surface area contributed by atoms with E-state index in [2.05, 4.69) is 4.98 Å². The quantitative estimate of drug-likeness (QED) is 0.847. The summed E-state index contributed by atoms with van der Waals surface area (Å²) in [6, 6.07) is 3.47. The van der Waals surface area contributed by atoms with Crippen molar-refractivity contribution in [1.82, 2.24) is 4.98 Å². The number of rotatable bonds is 2. The Morgan fingerprint density at radius 3 is 1.91 bits per heavy atom. The third-order valence-electron chi connectivity index (χ3n) is 2.94. The van der Waals surface area contributed by atoms with Crippen molar-refractivity contribution in [2.45, 2.75) is 12.4 Å². The molecule has 0 spiro atoms. The maximum Gasteiger partial charge on any atom is 0.416 e. The van der Waals surface area contributed by atoms with Gasteiger partial charge in [0.1, 0.15) is 5.69 Å². The summed E-state index contributed by atoms with van der Waals surface area (Å²) in [7, 11) is 0. The number of hydrogen-bond acceptors (Lipinski definition) is 2. The van der Waals surface area contributed by atoms with Crippen LogP contribution in [0.15, 0.2) is 36.5 Å². The summed E-state index contributed by atoms with van der Waals surface area (Å²) >= 11 is 0. The molecule has 0 unspecified atom stereocenters. The second-order valence-corrected chi connectivity index (χ2v) is 4.56. The molecule has 2 rings (SSSR count). The SMILES string of the molecule is NC(=O)c1ncccc1-c1cc(C(F)(F)F)cc(C(F)(F)F)c1. The molecule has 0 fully saturated rings. The smallest absolute Gasteiger partial charge is 0.364 e. The summed E-state index contributed by atoms with van der Waals surface area (Å²) in [6.45, 7) is 0. The van der Waals surface area contributed by atoms with Gasteiger partial charge in [-0.15, -0.1) is 0 Å². The van der Waals surface area contributed by atoms with Crippen LogP contribution in [0.25, 0.3) is 11.1 Å². The first-order chi connectivity index (χ1) is 10.5. The fraction of sp³-hybridized carbons (Fsp3) is 0.143. The molecule has 23 heavy (non-hydrogen) atoms. The molecule has 1 amide bonds. The molecule has 0 saturated carbocycles. The number of nitrogens with zero attached hydrogens (tertiary/aromatic N) is 1. The van der Waals surface area contributed by atoms with Crippen LogP contribution in [0.2, 0.25) is 0 Å². The number of carbonyl (C=O) groups is 1. The molecule has 3 nitrogen and oxygen atoms in total. The van der Waals surface area contributed by atoms with Gasteiger partial charge in [0.05, 0.1) is 11.1 Å². The molecular formula is C14H8F6N2O. The first-order valence-electron chi connectivity index (χ1n) is 6.05. The van der Waals surface area contributed by atoms with Crippen LogP contribution in [0.4, 0.5) is 26.3 Å². The van der Waals surface area contributed by atoms with E-state index in [9.17, 15) is 31.1 Å². The molecular weight excluding hydrogens is 326 g/mol. The van der Waals surface area contributed by atoms with Gasteiger partial charge in [-0.2, -0.15) is 26.3 Å². The number of primary amides is 1. The number of alkyl halides is 6. The van der Waals surface area contributed by atoms with Crippen LogP contribution in [-0.2, 0) is 12.4 Å². The molecule has 1 aromatic carbocycles. The Labute approximate surface area is 125 Å². The Morgan fingerprint density at radius 1 is 0.957 bits per heavy atom. The van der Waals surface area contributed by atoms with Crippen molar-refractivity contribution in [3.63, 3.8) is 0 Å². The Balaban J connectivity index is 2.75. The van der Waals surface area contributed by atoms with E-state index in [1.54, 1.807) is 0 Å². The second-order valence-electron chi connectivity index (χ2n) is 4.56. The number of aromatic nitrogens is 1. The van der Waals surface area contributed by atoms with Crippen molar-refractivity contribution >= 4 is 5.91 Å². The van der Waals surface area contributed by atoms with Crippen LogP contribution in [0.5, 0.6) is 0 Å². The standard InChI is InChI=1S/C14H8F6N2O/c15-13(16,17)8-4-7(5-9(6-8)14(18,19)20)10-2-1-3-22-11(10)12(21)23/h1-6H,(H2,21,23). The molecule has 0 bridgehead atoms. The van der Waals surface area contributed by atoms with E-state index in [1.165, 1.54) is 12.1 Å². The molecule has 2 aromatic rings. The van der Waals surface area contributed by atoms with Gasteiger partial charge in [0, 0.05) is 11.8 Å². The predicted octanol–water partition coefficient (Wildman–Crippen LogP) is 3.89. The largest absolute Gasteiger partial charge is 0.416 e. The number of halogens is 6. The van der Waals surface area contributed by atoms with Gasteiger partial charge in [-0.05, 0) is 29.8 Å². The summed E-state index contributed by atoms with van der Waals surface area (Å²) in [5.74, 6) is -1.06. The highest BCUT2D eigenvalue weighted by molar-refractivity contribution is 5.97. The minimum atomic E-state index is -4.98. The molecule has 0 aliphatic carbocycles. The van der Waals surface area contributed by atoms with E-state index < -0.39 is 40.6 Å². The lowest BCUT2D eigenvalue weighted by atomic mass is 9.98. The van der Waals surface area contributed by atoms with E-state index in [-0.39, 0.29) is 11.6 Å². The maximum absolute atomic E-state index is 12.8. The second kappa shape index (κ2) is 5.56. The van der Waals surface area contributed by atoms with Crippen molar-refractivity contribution in [3.8, 4) is 11.1 Å². The van der Waals surface area contributed by atoms with E-state index in [0.717, 1.165) is 6.20 Å². The highest BCUT2D eigenvalue weighted by Gasteiger charge is 2.37. The Hall–Kier alpha value is -2.58. The van der Waals surface area contributed by atoms with Crippen molar-refractivity contribution in [2.24, 2.45) is 5.73 Å². The zero-order valence-corrected chi connectivity index (χ0v) is 11.2. The van der Waals surface area contributed by atoms with Gasteiger partial charge in [-0.3, -0.25) is 9.78 Å². The minimum absolute atomic E-state index is 0.00378. The maximum atomic E-state index is 12.8. The predicted molar refractivity (Wildman–Crippen MR) is 68.2 cm³/mol. The zero-order valence-electron chi connectivity index (χ0n) is 11.2. The summed E-state index contributed by atoms with van der Waals surface area (Å²) in [4.78, 5) is 14.9. The number of amides is 1. The molecule has 0 saturated heterocycles. The summed E-state index contributed by atoms with van der Waals surface area (Å²) < 4.78 is 77.0. The fourth-order valence-electron chi connectivity index (χ4n) is 1.95. The van der Waals surface area contributed by atoms with Gasteiger partial charge >= 0.3 is 12.4 Å². The first kappa shape index (κ1) is 16.8. The van der Waals surface area contributed by atoms with Crippen LogP contribution in [-0.4, -0.2) is 10.9 Å². The monoisotopic (exact) mass is 334 g/mol. The Bertz CT molecular complexity index is 719. The van der Waals surface area contributed by atoms with Crippen molar-refractivity contribution in [3.05, 3.63) is 53.3 Å². The van der Waals surface area contributed by atoms with E-state index in [0.29, 0.717) is 12.1 Å². The average molecular weight is 334 g/mol. The van der Waals surface area contributed by atoms with Gasteiger partial charge in [0.25, 0.3) is 5.91 Å². The van der Waals surface area contributed by atoms with E-state index in [1.807, 2.05) is 0 Å². The van der Waals surface area contributed by atoms with Crippen molar-refractivity contribution in [2.75, 3.05) is 0 Å². The highest BCUT2D eigenvalue weighted by atomic mass is 19.4. The van der Waals surface area contributed by atoms with Crippen LogP contribution in [0, 0.1) is 0 Å². The normalized spacial score (nSPS) is 12.3. The van der Waals surface area contributed by atoms with Crippen LogP contribution < -0.4 is 5.73 Å². The van der Waals surface area contributed by atoms with Gasteiger partial charge < -0.3 is 5.73 Å². The molecule has 0 atom stereocenters. The molecule has 0 aliphatic heterocycles. The summed E-state index contributed by atoms with van der Waals surface area (Å²) in [6.07, 6.45) is -8.81. The lowest BCUT2D eigenvalue weighted by Gasteiger charge is -2.15. The lowest BCUT2D eigenvalue weighted by Crippen LogP contribution is -2.15. The highest BCUT2D eigenvalue weighted by Crippen LogP contribution is 2.38. The Kier molecular flexibility index (Phi) is 4.06. The third kappa shape index (κ3) is 3.61. The van der Waals surface area contributed by atoms with E-state index in [4.69, 9.17) is 5.73 Å². The summed E-state index contributed by atoms with van der Waals surface area (Å²) in [5, 5.41) is 0. The van der Waals surface area contributed by atoms with Crippen LogP contribution in [0.1, 0.15) is 21.6 Å². The number of benzene rings is 1. The average Bonchev–Trinajstić information content (AvgIpc) is 2.45. The lowest BCUT2D eigenvalue weighted by molar-refractivity contribution is -0.143. The van der Waals surface area contributed by atoms with Crippen molar-refractivity contribution in [1.29, 1.82) is 0 Å². The molecule has 9 heteroatoms. The first-order valence-corrected chi connectivity index (χ1v) is 6.05. The van der Waals surface area contributed by atoms with Crippen LogP contribution in [0.3, 0.4) is 0 Å². The number of pyridine rings is 1. The molecule has 2 N–H and O–H groups in total. The Morgan fingerprint density at radius 2 is 1.48 bits per heavy atom. The topological polar surface area (TPSA) is 56.0 Å². The fourth-order valence-corrected chi connectivity index (χ4v) is 1.95. The molecule has 1 aromatic heterocycles. The zero-order chi connectivity index (χ0) is 17.4. The molecule has 122 valence electrons. The van der Waals surface area contributed by atoms with Gasteiger partial charge in [-0.1, -0.05) is 6.07 Å². The molecule has 1 heterocycles. The molecule has 0 radical (unpaired) electrons. The van der Waals surface area contributed by atoms with Gasteiger partial charge in [0.15, 0.2) is 0 Å².